The van der Waals surface area contributed by atoms with Crippen LogP contribution in [-0.2, 0) is 23.1 Å². The lowest BCUT2D eigenvalue weighted by molar-refractivity contribution is 0.599. The number of nitrogens with zero attached hydrogens (tertiary/aromatic N) is 2. The molecule has 3 N–H and O–H groups in total. The van der Waals surface area contributed by atoms with Crippen LogP contribution in [0, 0.1) is 0 Å². The molecule has 8 heteroatoms. The summed E-state index contributed by atoms with van der Waals surface area (Å²) in [6.07, 6.45) is 4.04. The average Bonchev–Trinajstić information content (AvgIpc) is 2.86. The topological polar surface area (TPSA) is 90.0 Å². The summed E-state index contributed by atoms with van der Waals surface area (Å²) in [5.41, 5.74) is 6.45. The van der Waals surface area contributed by atoms with Crippen LogP contribution >= 0.6 is 15.9 Å². The van der Waals surface area contributed by atoms with Crippen molar-refractivity contribution >= 4 is 31.8 Å². The fourth-order valence-corrected chi connectivity index (χ4v) is 3.23. The first-order valence-electron chi connectivity index (χ1n) is 6.49. The summed E-state index contributed by atoms with van der Waals surface area (Å²) in [5, 5.41) is 0. The molecular weight excluding hydrogens is 356 g/mol. The summed E-state index contributed by atoms with van der Waals surface area (Å²) in [6.45, 7) is 3.06. The van der Waals surface area contributed by atoms with Gasteiger partial charge in [-0.1, -0.05) is 6.92 Å². The minimum Gasteiger partial charge on any atom is -0.349 e. The monoisotopic (exact) mass is 372 g/mol. The number of aromatic nitrogens is 2. The van der Waals surface area contributed by atoms with Gasteiger partial charge in [0.05, 0.1) is 0 Å². The molecule has 2 aromatic heterocycles. The van der Waals surface area contributed by atoms with Crippen molar-refractivity contribution in [1.29, 1.82) is 0 Å². The number of hydrogen-bond acceptors (Lipinski definition) is 4. The Bertz CT molecular complexity index is 710. The van der Waals surface area contributed by atoms with E-state index in [0.717, 1.165) is 23.1 Å². The van der Waals surface area contributed by atoms with Crippen LogP contribution in [0.15, 0.2) is 40.0 Å². The minimum absolute atomic E-state index is 0.195. The first-order chi connectivity index (χ1) is 9.96. The van der Waals surface area contributed by atoms with Gasteiger partial charge in [0, 0.05) is 35.6 Å². The van der Waals surface area contributed by atoms with E-state index in [0.29, 0.717) is 6.54 Å². The molecule has 2 aromatic rings. The number of sulfonamides is 1. The van der Waals surface area contributed by atoms with E-state index >= 15 is 0 Å². The van der Waals surface area contributed by atoms with Crippen LogP contribution in [0.3, 0.4) is 0 Å². The Morgan fingerprint density at radius 2 is 2.19 bits per heavy atom. The maximum atomic E-state index is 12.4. The number of hydrogen-bond donors (Lipinski definition) is 2. The summed E-state index contributed by atoms with van der Waals surface area (Å²) in [7, 11) is -3.66. The van der Waals surface area contributed by atoms with Gasteiger partial charge in [-0.2, -0.15) is 0 Å². The second kappa shape index (κ2) is 6.59. The lowest BCUT2D eigenvalue weighted by Gasteiger charge is -2.05. The van der Waals surface area contributed by atoms with Crippen LogP contribution < -0.4 is 10.5 Å². The van der Waals surface area contributed by atoms with Gasteiger partial charge >= 0.3 is 0 Å². The molecule has 0 spiro atoms. The molecule has 0 aliphatic rings. The van der Waals surface area contributed by atoms with E-state index in [-0.39, 0.29) is 10.7 Å². The van der Waals surface area contributed by atoms with Gasteiger partial charge in [0.2, 0.25) is 0 Å². The highest BCUT2D eigenvalue weighted by atomic mass is 79.9. The van der Waals surface area contributed by atoms with Crippen molar-refractivity contribution in [2.75, 3.05) is 4.72 Å². The van der Waals surface area contributed by atoms with Crippen molar-refractivity contribution in [3.8, 4) is 0 Å². The number of pyridine rings is 1. The smallest absolute Gasteiger partial charge is 0.264 e. The van der Waals surface area contributed by atoms with E-state index in [1.54, 1.807) is 24.4 Å². The molecule has 0 fully saturated rings. The van der Waals surface area contributed by atoms with Gasteiger partial charge in [-0.25, -0.2) is 13.4 Å². The Morgan fingerprint density at radius 1 is 1.43 bits per heavy atom. The molecule has 2 heterocycles. The third kappa shape index (κ3) is 3.84. The van der Waals surface area contributed by atoms with Gasteiger partial charge in [0.25, 0.3) is 10.0 Å². The van der Waals surface area contributed by atoms with Crippen LogP contribution in [0.5, 0.6) is 0 Å². The van der Waals surface area contributed by atoms with Crippen molar-refractivity contribution in [3.05, 3.63) is 40.8 Å². The summed E-state index contributed by atoms with van der Waals surface area (Å²) >= 11 is 3.25. The van der Waals surface area contributed by atoms with Gasteiger partial charge in [-0.05, 0) is 40.5 Å². The SMILES string of the molecule is CCCn1cc(S(=O)(=O)Nc2ccc(Br)cn2)cc1CN. The van der Waals surface area contributed by atoms with Gasteiger partial charge < -0.3 is 10.3 Å². The number of anilines is 1. The summed E-state index contributed by atoms with van der Waals surface area (Å²) < 4.78 is 29.8. The van der Waals surface area contributed by atoms with Crippen molar-refractivity contribution in [2.24, 2.45) is 5.73 Å². The lowest BCUT2D eigenvalue weighted by Crippen LogP contribution is -2.13. The van der Waals surface area contributed by atoms with Crippen LogP contribution in [0.4, 0.5) is 5.82 Å². The summed E-state index contributed by atoms with van der Waals surface area (Å²) in [5.74, 6) is 0.274. The quantitative estimate of drug-likeness (QED) is 0.813. The average molecular weight is 373 g/mol. The van der Waals surface area contributed by atoms with Gasteiger partial charge in [-0.15, -0.1) is 0 Å². The van der Waals surface area contributed by atoms with Gasteiger partial charge in [0.15, 0.2) is 0 Å². The molecule has 0 aliphatic carbocycles. The maximum Gasteiger partial charge on any atom is 0.264 e. The molecule has 0 saturated heterocycles. The Hall–Kier alpha value is -1.38. The molecule has 0 atom stereocenters. The molecule has 0 aliphatic heterocycles. The van der Waals surface area contributed by atoms with E-state index in [1.807, 2.05) is 11.5 Å². The predicted molar refractivity (Wildman–Crippen MR) is 85.4 cm³/mol. The maximum absolute atomic E-state index is 12.4. The number of aryl methyl sites for hydroxylation is 1. The molecule has 114 valence electrons. The van der Waals surface area contributed by atoms with Crippen LogP contribution in [0.2, 0.25) is 0 Å². The van der Waals surface area contributed by atoms with E-state index in [9.17, 15) is 8.42 Å². The normalized spacial score (nSPS) is 11.6. The fraction of sp³-hybridized carbons (Fsp3) is 0.308. The number of halogens is 1. The second-order valence-corrected chi connectivity index (χ2v) is 7.13. The van der Waals surface area contributed by atoms with Crippen LogP contribution in [0.1, 0.15) is 19.0 Å². The van der Waals surface area contributed by atoms with Crippen molar-refractivity contribution in [3.63, 3.8) is 0 Å². The molecule has 0 bridgehead atoms. The van der Waals surface area contributed by atoms with Crippen LogP contribution in [-0.4, -0.2) is 18.0 Å². The fourth-order valence-electron chi connectivity index (χ4n) is 1.93. The third-order valence-corrected chi connectivity index (χ3v) is 4.70. The standard InChI is InChI=1S/C13H17BrN4O2S/c1-2-5-18-9-12(6-11(18)7-15)21(19,20)17-13-4-3-10(14)8-16-13/h3-4,6,8-9H,2,5,7,15H2,1H3,(H,16,17). The summed E-state index contributed by atoms with van der Waals surface area (Å²) in [4.78, 5) is 4.20. The second-order valence-electron chi connectivity index (χ2n) is 4.53. The Balaban J connectivity index is 2.28. The number of nitrogens with two attached hydrogens (primary N) is 1. The minimum atomic E-state index is -3.66. The highest BCUT2D eigenvalue weighted by molar-refractivity contribution is 9.10. The molecule has 0 aromatic carbocycles. The molecule has 2 rings (SSSR count). The number of nitrogens with one attached hydrogen (secondary N) is 1. The van der Waals surface area contributed by atoms with Crippen molar-refractivity contribution in [1.82, 2.24) is 9.55 Å². The van der Waals surface area contributed by atoms with Crippen LogP contribution in [0.25, 0.3) is 0 Å². The highest BCUT2D eigenvalue weighted by Gasteiger charge is 2.18. The number of rotatable bonds is 6. The summed E-state index contributed by atoms with van der Waals surface area (Å²) in [6, 6.07) is 4.91. The van der Waals surface area contributed by atoms with E-state index in [1.165, 1.54) is 6.20 Å². The zero-order valence-electron chi connectivity index (χ0n) is 11.6. The molecule has 6 nitrogen and oxygen atoms in total. The Labute approximate surface area is 132 Å². The van der Waals surface area contributed by atoms with E-state index < -0.39 is 10.0 Å². The molecule has 0 unspecified atom stereocenters. The largest absolute Gasteiger partial charge is 0.349 e. The molecule has 0 amide bonds. The Morgan fingerprint density at radius 3 is 2.76 bits per heavy atom. The first kappa shape index (κ1) is 16.0. The molecule has 21 heavy (non-hydrogen) atoms. The Kier molecular flexibility index (Phi) is 5.02. The highest BCUT2D eigenvalue weighted by Crippen LogP contribution is 2.19. The zero-order chi connectivity index (χ0) is 15.5. The molecular formula is C13H17BrN4O2S. The lowest BCUT2D eigenvalue weighted by atomic mass is 10.4. The van der Waals surface area contributed by atoms with Crippen molar-refractivity contribution in [2.45, 2.75) is 31.3 Å². The third-order valence-electron chi connectivity index (χ3n) is 2.91. The van der Waals surface area contributed by atoms with E-state index in [4.69, 9.17) is 5.73 Å². The molecule has 0 radical (unpaired) electrons. The molecule has 0 saturated carbocycles. The predicted octanol–water partition coefficient (Wildman–Crippen LogP) is 2.32. The zero-order valence-corrected chi connectivity index (χ0v) is 14.0. The first-order valence-corrected chi connectivity index (χ1v) is 8.77. The van der Waals surface area contributed by atoms with E-state index in [2.05, 4.69) is 25.6 Å². The van der Waals surface area contributed by atoms with Gasteiger partial charge in [-0.3, -0.25) is 4.72 Å². The van der Waals surface area contributed by atoms with Crippen molar-refractivity contribution < 1.29 is 8.42 Å². The van der Waals surface area contributed by atoms with Gasteiger partial charge in [0.1, 0.15) is 10.7 Å².